The highest BCUT2D eigenvalue weighted by molar-refractivity contribution is 5.92. The van der Waals surface area contributed by atoms with Gasteiger partial charge in [-0.25, -0.2) is 4.79 Å². The Bertz CT molecular complexity index is 555. The molecule has 0 saturated heterocycles. The molecule has 0 aliphatic rings. The van der Waals surface area contributed by atoms with Crippen LogP contribution in [0.1, 0.15) is 6.92 Å². The third kappa shape index (κ3) is 1.93. The van der Waals surface area contributed by atoms with Crippen molar-refractivity contribution < 1.29 is 9.53 Å². The van der Waals surface area contributed by atoms with E-state index in [2.05, 4.69) is 11.6 Å². The average molecular weight is 213 g/mol. The molecule has 0 spiro atoms. The zero-order chi connectivity index (χ0) is 11.5. The Balaban J connectivity index is 2.45. The molecule has 0 aliphatic heterocycles. The first-order chi connectivity index (χ1) is 7.68. The Morgan fingerprint density at radius 3 is 2.81 bits per heavy atom. The number of aromatic nitrogens is 1. The lowest BCUT2D eigenvalue weighted by Crippen LogP contribution is -2.08. The normalized spacial score (nSPS) is 10.1. The van der Waals surface area contributed by atoms with E-state index in [1.807, 2.05) is 24.3 Å². The van der Waals surface area contributed by atoms with Crippen molar-refractivity contribution in [3.05, 3.63) is 48.7 Å². The minimum absolute atomic E-state index is 0.368. The quantitative estimate of drug-likeness (QED) is 0.437. The Kier molecular flexibility index (Phi) is 2.68. The van der Waals surface area contributed by atoms with Crippen LogP contribution in [-0.4, -0.2) is 11.0 Å². The van der Waals surface area contributed by atoms with Gasteiger partial charge < -0.3 is 4.74 Å². The van der Waals surface area contributed by atoms with Crippen LogP contribution in [0.3, 0.4) is 0 Å². The smallest absolute Gasteiger partial charge is 0.338 e. The van der Waals surface area contributed by atoms with E-state index in [4.69, 9.17) is 4.74 Å². The van der Waals surface area contributed by atoms with Gasteiger partial charge in [0.1, 0.15) is 5.52 Å². The number of esters is 1. The molecule has 3 nitrogen and oxygen atoms in total. The summed E-state index contributed by atoms with van der Waals surface area (Å²) in [5.41, 5.74) is 1.05. The summed E-state index contributed by atoms with van der Waals surface area (Å²) in [6.45, 7) is 5.15. The van der Waals surface area contributed by atoms with Gasteiger partial charge >= 0.3 is 5.97 Å². The van der Waals surface area contributed by atoms with Gasteiger partial charge in [0.15, 0.2) is 5.75 Å². The molecule has 0 aliphatic carbocycles. The summed E-state index contributed by atoms with van der Waals surface area (Å²) >= 11 is 0. The van der Waals surface area contributed by atoms with Gasteiger partial charge in [-0.2, -0.15) is 0 Å². The molecule has 16 heavy (non-hydrogen) atoms. The van der Waals surface area contributed by atoms with Crippen molar-refractivity contribution in [1.29, 1.82) is 0 Å². The summed E-state index contributed by atoms with van der Waals surface area (Å²) in [6, 6.07) is 9.22. The summed E-state index contributed by atoms with van der Waals surface area (Å²) in [5.74, 6) is 0.0317. The molecule has 0 N–H and O–H groups in total. The molecule has 0 atom stereocenters. The largest absolute Gasteiger partial charge is 0.421 e. The molecular weight excluding hydrogens is 202 g/mol. The van der Waals surface area contributed by atoms with Crippen LogP contribution < -0.4 is 4.74 Å². The van der Waals surface area contributed by atoms with Gasteiger partial charge in [-0.05, 0) is 19.1 Å². The van der Waals surface area contributed by atoms with Crippen molar-refractivity contribution in [3.63, 3.8) is 0 Å². The monoisotopic (exact) mass is 213 g/mol. The van der Waals surface area contributed by atoms with Crippen LogP contribution in [0.5, 0.6) is 5.75 Å². The second kappa shape index (κ2) is 4.14. The number of para-hydroxylation sites is 1. The zero-order valence-corrected chi connectivity index (χ0v) is 8.93. The van der Waals surface area contributed by atoms with E-state index in [0.717, 1.165) is 5.39 Å². The number of nitrogens with zero attached hydrogens (tertiary/aromatic N) is 1. The number of hydrogen-bond acceptors (Lipinski definition) is 3. The second-order valence-electron chi connectivity index (χ2n) is 3.50. The predicted octanol–water partition coefficient (Wildman–Crippen LogP) is 2.72. The summed E-state index contributed by atoms with van der Waals surface area (Å²) in [4.78, 5) is 15.6. The van der Waals surface area contributed by atoms with Crippen LogP contribution in [0.15, 0.2) is 48.7 Å². The molecule has 1 aromatic carbocycles. The van der Waals surface area contributed by atoms with Gasteiger partial charge in [0, 0.05) is 17.2 Å². The second-order valence-corrected chi connectivity index (χ2v) is 3.50. The minimum Gasteiger partial charge on any atom is -0.421 e. The van der Waals surface area contributed by atoms with Gasteiger partial charge in [-0.15, -0.1) is 0 Å². The highest BCUT2D eigenvalue weighted by Crippen LogP contribution is 2.23. The van der Waals surface area contributed by atoms with Crippen LogP contribution in [0.4, 0.5) is 0 Å². The zero-order valence-electron chi connectivity index (χ0n) is 8.93. The Labute approximate surface area is 93.4 Å². The number of carbonyl (C=O) groups excluding carboxylic acids is 1. The fourth-order valence-electron chi connectivity index (χ4n) is 1.35. The van der Waals surface area contributed by atoms with Gasteiger partial charge in [0.05, 0.1) is 0 Å². The topological polar surface area (TPSA) is 39.2 Å². The van der Waals surface area contributed by atoms with Gasteiger partial charge in [-0.1, -0.05) is 24.8 Å². The number of fused-ring (bicyclic) bond motifs is 1. The molecule has 2 rings (SSSR count). The number of pyridine rings is 1. The van der Waals surface area contributed by atoms with Crippen molar-refractivity contribution in [3.8, 4) is 5.75 Å². The van der Waals surface area contributed by atoms with E-state index in [1.54, 1.807) is 19.2 Å². The van der Waals surface area contributed by atoms with E-state index in [9.17, 15) is 4.79 Å². The first-order valence-corrected chi connectivity index (χ1v) is 4.90. The lowest BCUT2D eigenvalue weighted by atomic mass is 10.2. The van der Waals surface area contributed by atoms with E-state index in [0.29, 0.717) is 16.8 Å². The van der Waals surface area contributed by atoms with Crippen molar-refractivity contribution in [1.82, 2.24) is 4.98 Å². The molecule has 0 bridgehead atoms. The van der Waals surface area contributed by atoms with Crippen LogP contribution in [0, 0.1) is 0 Å². The molecule has 0 amide bonds. The first kappa shape index (κ1) is 10.4. The van der Waals surface area contributed by atoms with Crippen LogP contribution in [-0.2, 0) is 4.79 Å². The average Bonchev–Trinajstić information content (AvgIpc) is 2.29. The van der Waals surface area contributed by atoms with Gasteiger partial charge in [-0.3, -0.25) is 4.98 Å². The van der Waals surface area contributed by atoms with Crippen LogP contribution >= 0.6 is 0 Å². The molecular formula is C13H11NO2. The Morgan fingerprint density at radius 1 is 1.31 bits per heavy atom. The molecule has 80 valence electrons. The maximum atomic E-state index is 11.4. The highest BCUT2D eigenvalue weighted by Gasteiger charge is 2.08. The molecule has 0 unspecified atom stereocenters. The SMILES string of the molecule is C=C(C)C(=O)Oc1cccc2cccnc12. The first-order valence-electron chi connectivity index (χ1n) is 4.90. The summed E-state index contributed by atoms with van der Waals surface area (Å²) in [5, 5.41) is 0.939. The van der Waals surface area contributed by atoms with Gasteiger partial charge in [0.25, 0.3) is 0 Å². The van der Waals surface area contributed by atoms with Crippen molar-refractivity contribution in [2.24, 2.45) is 0 Å². The van der Waals surface area contributed by atoms with Crippen LogP contribution in [0.2, 0.25) is 0 Å². The molecule has 0 saturated carbocycles. The molecule has 1 heterocycles. The Hall–Kier alpha value is -2.16. The van der Waals surface area contributed by atoms with E-state index >= 15 is 0 Å². The van der Waals surface area contributed by atoms with E-state index in [-0.39, 0.29) is 0 Å². The number of hydrogen-bond donors (Lipinski definition) is 0. The van der Waals surface area contributed by atoms with Gasteiger partial charge in [0.2, 0.25) is 0 Å². The summed E-state index contributed by atoms with van der Waals surface area (Å²) in [6.07, 6.45) is 1.67. The fraction of sp³-hybridized carbons (Fsp3) is 0.0769. The summed E-state index contributed by atoms with van der Waals surface area (Å²) in [7, 11) is 0. The third-order valence-corrected chi connectivity index (χ3v) is 2.15. The van der Waals surface area contributed by atoms with Crippen molar-refractivity contribution in [2.75, 3.05) is 0 Å². The third-order valence-electron chi connectivity index (χ3n) is 2.15. The number of ether oxygens (including phenoxy) is 1. The molecule has 0 radical (unpaired) electrons. The highest BCUT2D eigenvalue weighted by atomic mass is 16.5. The maximum Gasteiger partial charge on any atom is 0.338 e. The van der Waals surface area contributed by atoms with Crippen molar-refractivity contribution in [2.45, 2.75) is 6.92 Å². The number of carbonyl (C=O) groups is 1. The van der Waals surface area contributed by atoms with E-state index in [1.165, 1.54) is 0 Å². The van der Waals surface area contributed by atoms with Crippen molar-refractivity contribution >= 4 is 16.9 Å². The lowest BCUT2D eigenvalue weighted by Gasteiger charge is -2.06. The molecule has 0 fully saturated rings. The number of rotatable bonds is 2. The predicted molar refractivity (Wildman–Crippen MR) is 62.2 cm³/mol. The number of benzene rings is 1. The molecule has 1 aromatic heterocycles. The van der Waals surface area contributed by atoms with E-state index < -0.39 is 5.97 Å². The van der Waals surface area contributed by atoms with Crippen LogP contribution in [0.25, 0.3) is 10.9 Å². The lowest BCUT2D eigenvalue weighted by molar-refractivity contribution is -0.129. The Morgan fingerprint density at radius 2 is 2.06 bits per heavy atom. The molecule has 3 heteroatoms. The summed E-state index contributed by atoms with van der Waals surface area (Å²) < 4.78 is 5.19. The standard InChI is InChI=1S/C13H11NO2/c1-9(2)13(15)16-11-7-3-5-10-6-4-8-14-12(10)11/h3-8H,1H2,2H3. The fourth-order valence-corrected chi connectivity index (χ4v) is 1.35. The minimum atomic E-state index is -0.432. The maximum absolute atomic E-state index is 11.4. The molecule has 2 aromatic rings.